The Balaban J connectivity index is 2.91. The minimum atomic E-state index is -4.83. The molecule has 0 radical (unpaired) electrons. The van der Waals surface area contributed by atoms with Gasteiger partial charge < -0.3 is 9.84 Å². The van der Waals surface area contributed by atoms with Crippen LogP contribution in [0.25, 0.3) is 0 Å². The van der Waals surface area contributed by atoms with Crippen molar-refractivity contribution in [2.24, 2.45) is 5.92 Å². The van der Waals surface area contributed by atoms with Crippen LogP contribution < -0.4 is 4.74 Å². The number of halogens is 4. The number of rotatable bonds is 5. The fraction of sp³-hybridized carbons (Fsp3) is 0.462. The van der Waals surface area contributed by atoms with Gasteiger partial charge in [-0.2, -0.15) is 13.2 Å². The molecule has 0 aliphatic heterocycles. The van der Waals surface area contributed by atoms with Gasteiger partial charge in [-0.3, -0.25) is 4.79 Å². The van der Waals surface area contributed by atoms with Crippen molar-refractivity contribution < 1.29 is 27.8 Å². The number of benzene rings is 1. The molecule has 0 bridgehead atoms. The molecular weight excluding hydrogens is 341 g/mol. The van der Waals surface area contributed by atoms with Gasteiger partial charge in [-0.15, -0.1) is 0 Å². The summed E-state index contributed by atoms with van der Waals surface area (Å²) in [4.78, 5) is 10.6. The van der Waals surface area contributed by atoms with Crippen LogP contribution in [0.3, 0.4) is 0 Å². The fourth-order valence-corrected chi connectivity index (χ4v) is 1.96. The van der Waals surface area contributed by atoms with Gasteiger partial charge in [0.15, 0.2) is 5.92 Å². The van der Waals surface area contributed by atoms with Gasteiger partial charge in [0, 0.05) is 4.47 Å². The first kappa shape index (κ1) is 16.8. The highest BCUT2D eigenvalue weighted by atomic mass is 79.9. The second-order valence-corrected chi connectivity index (χ2v) is 5.50. The van der Waals surface area contributed by atoms with E-state index in [1.165, 1.54) is 6.07 Å². The molecule has 0 heterocycles. The second-order valence-electron chi connectivity index (χ2n) is 4.58. The molecule has 1 unspecified atom stereocenters. The standard InChI is InChI=1S/C13H14BrF3O3/c1-7(2)9-5-8(14)3-4-11(9)20-6-10(12(18)19)13(15,16)17/h3-5,7,10H,6H2,1-2H3,(H,18,19). The number of alkyl halides is 3. The molecule has 0 aliphatic carbocycles. The Morgan fingerprint density at radius 2 is 2.00 bits per heavy atom. The maximum absolute atomic E-state index is 12.5. The summed E-state index contributed by atoms with van der Waals surface area (Å²) in [5, 5.41) is 8.60. The van der Waals surface area contributed by atoms with Crippen molar-refractivity contribution in [3.63, 3.8) is 0 Å². The van der Waals surface area contributed by atoms with E-state index in [-0.39, 0.29) is 11.7 Å². The van der Waals surface area contributed by atoms with Gasteiger partial charge in [0.05, 0.1) is 0 Å². The van der Waals surface area contributed by atoms with Gasteiger partial charge >= 0.3 is 12.1 Å². The minimum Gasteiger partial charge on any atom is -0.492 e. The molecule has 20 heavy (non-hydrogen) atoms. The Hall–Kier alpha value is -1.24. The summed E-state index contributed by atoms with van der Waals surface area (Å²) in [7, 11) is 0. The van der Waals surface area contributed by atoms with Crippen LogP contribution in [-0.4, -0.2) is 23.9 Å². The maximum atomic E-state index is 12.5. The molecule has 1 N–H and O–H groups in total. The molecule has 0 saturated heterocycles. The van der Waals surface area contributed by atoms with Crippen LogP contribution in [0.5, 0.6) is 5.75 Å². The summed E-state index contributed by atoms with van der Waals surface area (Å²) in [6, 6.07) is 4.89. The summed E-state index contributed by atoms with van der Waals surface area (Å²) in [6.45, 7) is 2.79. The zero-order valence-corrected chi connectivity index (χ0v) is 12.5. The van der Waals surface area contributed by atoms with Gasteiger partial charge in [0.1, 0.15) is 12.4 Å². The number of carboxylic acids is 1. The predicted octanol–water partition coefficient (Wildman–Crippen LogP) is 4.21. The molecule has 1 aromatic carbocycles. The number of aliphatic carboxylic acids is 1. The maximum Gasteiger partial charge on any atom is 0.405 e. The van der Waals surface area contributed by atoms with Crippen LogP contribution in [0, 0.1) is 5.92 Å². The topological polar surface area (TPSA) is 46.5 Å². The van der Waals surface area contributed by atoms with Crippen LogP contribution in [0.2, 0.25) is 0 Å². The predicted molar refractivity (Wildman–Crippen MR) is 70.9 cm³/mol. The van der Waals surface area contributed by atoms with Crippen LogP contribution in [0.15, 0.2) is 22.7 Å². The lowest BCUT2D eigenvalue weighted by atomic mass is 10.0. The third-order valence-electron chi connectivity index (χ3n) is 2.69. The van der Waals surface area contributed by atoms with Gasteiger partial charge in [-0.25, -0.2) is 0 Å². The minimum absolute atomic E-state index is 0.0386. The van der Waals surface area contributed by atoms with Gasteiger partial charge in [-0.05, 0) is 29.7 Å². The van der Waals surface area contributed by atoms with E-state index < -0.39 is 24.7 Å². The van der Waals surface area contributed by atoms with Crippen molar-refractivity contribution in [1.82, 2.24) is 0 Å². The zero-order chi connectivity index (χ0) is 15.5. The van der Waals surface area contributed by atoms with E-state index in [0.29, 0.717) is 5.56 Å². The van der Waals surface area contributed by atoms with Crippen LogP contribution in [0.4, 0.5) is 13.2 Å². The fourth-order valence-electron chi connectivity index (χ4n) is 1.58. The van der Waals surface area contributed by atoms with Crippen molar-refractivity contribution in [3.8, 4) is 5.75 Å². The molecule has 0 spiro atoms. The van der Waals surface area contributed by atoms with Gasteiger partial charge in [0.25, 0.3) is 0 Å². The Morgan fingerprint density at radius 1 is 1.40 bits per heavy atom. The summed E-state index contributed by atoms with van der Waals surface area (Å²) in [5.74, 6) is -4.18. The molecule has 0 aromatic heterocycles. The Bertz CT molecular complexity index is 486. The number of hydrogen-bond acceptors (Lipinski definition) is 2. The molecule has 7 heteroatoms. The van der Waals surface area contributed by atoms with Gasteiger partial charge in [-0.1, -0.05) is 29.8 Å². The zero-order valence-electron chi connectivity index (χ0n) is 10.9. The molecule has 112 valence electrons. The quantitative estimate of drug-likeness (QED) is 0.861. The first-order valence-corrected chi connectivity index (χ1v) is 6.64. The highest BCUT2D eigenvalue weighted by Crippen LogP contribution is 2.32. The molecule has 0 aliphatic rings. The molecular formula is C13H14BrF3O3. The summed E-state index contributed by atoms with van der Waals surface area (Å²) in [5.41, 5.74) is 0.714. The Kier molecular flexibility index (Phi) is 5.44. The number of ether oxygens (including phenoxy) is 1. The summed E-state index contributed by atoms with van der Waals surface area (Å²) in [6.07, 6.45) is -4.83. The SMILES string of the molecule is CC(C)c1cc(Br)ccc1OCC(C(=O)O)C(F)(F)F. The molecule has 0 fully saturated rings. The van der Waals surface area contributed by atoms with Crippen molar-refractivity contribution in [2.75, 3.05) is 6.61 Å². The van der Waals surface area contributed by atoms with E-state index >= 15 is 0 Å². The second kappa shape index (κ2) is 6.47. The van der Waals surface area contributed by atoms with E-state index in [2.05, 4.69) is 15.9 Å². The van der Waals surface area contributed by atoms with E-state index in [1.54, 1.807) is 12.1 Å². The van der Waals surface area contributed by atoms with Gasteiger partial charge in [0.2, 0.25) is 0 Å². The average Bonchev–Trinajstić information content (AvgIpc) is 2.28. The molecule has 1 aromatic rings. The van der Waals surface area contributed by atoms with E-state index in [0.717, 1.165) is 4.47 Å². The van der Waals surface area contributed by atoms with Crippen molar-refractivity contribution in [3.05, 3.63) is 28.2 Å². The lowest BCUT2D eigenvalue weighted by molar-refractivity contribution is -0.198. The highest BCUT2D eigenvalue weighted by Gasteiger charge is 2.45. The normalized spacial score (nSPS) is 13.3. The van der Waals surface area contributed by atoms with Crippen molar-refractivity contribution in [2.45, 2.75) is 25.9 Å². The highest BCUT2D eigenvalue weighted by molar-refractivity contribution is 9.10. The third-order valence-corrected chi connectivity index (χ3v) is 3.19. The van der Waals surface area contributed by atoms with E-state index in [4.69, 9.17) is 9.84 Å². The summed E-state index contributed by atoms with van der Waals surface area (Å²) >= 11 is 3.27. The van der Waals surface area contributed by atoms with Crippen LogP contribution in [0.1, 0.15) is 25.3 Å². The number of carboxylic acid groups (broad SMARTS) is 1. The number of carbonyl (C=O) groups is 1. The Morgan fingerprint density at radius 3 is 2.45 bits per heavy atom. The average molecular weight is 355 g/mol. The molecule has 0 saturated carbocycles. The Labute approximate surface area is 122 Å². The largest absolute Gasteiger partial charge is 0.492 e. The van der Waals surface area contributed by atoms with Crippen LogP contribution >= 0.6 is 15.9 Å². The van der Waals surface area contributed by atoms with Crippen LogP contribution in [-0.2, 0) is 4.79 Å². The third kappa shape index (κ3) is 4.40. The van der Waals surface area contributed by atoms with Crippen molar-refractivity contribution in [1.29, 1.82) is 0 Å². The van der Waals surface area contributed by atoms with E-state index in [1.807, 2.05) is 13.8 Å². The van der Waals surface area contributed by atoms with Crippen molar-refractivity contribution >= 4 is 21.9 Å². The molecule has 1 rings (SSSR count). The van der Waals surface area contributed by atoms with E-state index in [9.17, 15) is 18.0 Å². The molecule has 0 amide bonds. The summed E-state index contributed by atoms with van der Waals surface area (Å²) < 4.78 is 43.4. The molecule has 1 atom stereocenters. The first-order valence-electron chi connectivity index (χ1n) is 5.84. The monoisotopic (exact) mass is 354 g/mol. The number of hydrogen-bond donors (Lipinski definition) is 1. The lowest BCUT2D eigenvalue weighted by Gasteiger charge is -2.19. The first-order chi connectivity index (χ1) is 9.12. The lowest BCUT2D eigenvalue weighted by Crippen LogP contribution is -2.35. The smallest absolute Gasteiger partial charge is 0.405 e. The molecule has 3 nitrogen and oxygen atoms in total.